The first-order valence-corrected chi connectivity index (χ1v) is 10.1. The van der Waals surface area contributed by atoms with Crippen molar-refractivity contribution >= 4 is 40.6 Å². The summed E-state index contributed by atoms with van der Waals surface area (Å²) in [7, 11) is 0. The average Bonchev–Trinajstić information content (AvgIpc) is 3.34. The van der Waals surface area contributed by atoms with Gasteiger partial charge in [0.25, 0.3) is 0 Å². The standard InChI is InChI=1S/C19H14N2O4S2/c1-9-4-6-10(7-5-9)21-17(22)13-12(11-3-2-8-25-11)14-16(20-19(24)27-14)26-15(13)18(21)23/h2-8,12-13,15H,1H3,(H,20,24). The highest BCUT2D eigenvalue weighted by atomic mass is 32.2. The number of carbonyl (C=O) groups excluding carboxylic acids is 2. The number of H-pyrrole nitrogens is 1. The molecule has 0 aliphatic carbocycles. The molecular formula is C19H14N2O4S2. The number of aromatic nitrogens is 1. The lowest BCUT2D eigenvalue weighted by atomic mass is 9.87. The van der Waals surface area contributed by atoms with E-state index in [1.807, 2.05) is 19.1 Å². The summed E-state index contributed by atoms with van der Waals surface area (Å²) in [6.07, 6.45) is 1.54. The summed E-state index contributed by atoms with van der Waals surface area (Å²) < 4.78 is 5.59. The molecule has 3 aromatic rings. The maximum absolute atomic E-state index is 13.3. The van der Waals surface area contributed by atoms with Crippen molar-refractivity contribution in [3.63, 3.8) is 0 Å². The second-order valence-electron chi connectivity index (χ2n) is 6.61. The number of thioether (sulfide) groups is 1. The highest BCUT2D eigenvalue weighted by Crippen LogP contribution is 2.53. The van der Waals surface area contributed by atoms with Crippen molar-refractivity contribution in [2.45, 2.75) is 23.1 Å². The zero-order valence-electron chi connectivity index (χ0n) is 14.2. The van der Waals surface area contributed by atoms with Gasteiger partial charge in [0.1, 0.15) is 11.0 Å². The van der Waals surface area contributed by atoms with E-state index in [1.54, 1.807) is 30.5 Å². The van der Waals surface area contributed by atoms with Crippen LogP contribution in [0.5, 0.6) is 0 Å². The zero-order valence-corrected chi connectivity index (χ0v) is 15.8. The molecule has 1 saturated heterocycles. The minimum Gasteiger partial charge on any atom is -0.469 e. The number of nitrogens with zero attached hydrogens (tertiary/aromatic N) is 1. The minimum absolute atomic E-state index is 0.195. The van der Waals surface area contributed by atoms with E-state index in [0.717, 1.165) is 21.8 Å². The second kappa shape index (κ2) is 5.97. The zero-order chi connectivity index (χ0) is 18.7. The van der Waals surface area contributed by atoms with Crippen LogP contribution in [-0.4, -0.2) is 22.0 Å². The molecule has 6 nitrogen and oxygen atoms in total. The molecule has 8 heteroatoms. The Morgan fingerprint density at radius 3 is 2.56 bits per heavy atom. The van der Waals surface area contributed by atoms with Crippen LogP contribution in [0.4, 0.5) is 5.69 Å². The van der Waals surface area contributed by atoms with Gasteiger partial charge in [-0.2, -0.15) is 0 Å². The Morgan fingerprint density at radius 1 is 1.07 bits per heavy atom. The summed E-state index contributed by atoms with van der Waals surface area (Å²) in [5.41, 5.74) is 1.62. The van der Waals surface area contributed by atoms with Gasteiger partial charge in [-0.3, -0.25) is 14.4 Å². The minimum atomic E-state index is -0.603. The second-order valence-corrected chi connectivity index (χ2v) is 8.78. The Balaban J connectivity index is 1.64. The van der Waals surface area contributed by atoms with Crippen molar-refractivity contribution in [1.29, 1.82) is 0 Å². The van der Waals surface area contributed by atoms with Crippen LogP contribution in [0.1, 0.15) is 22.1 Å². The van der Waals surface area contributed by atoms with Crippen molar-refractivity contribution in [1.82, 2.24) is 4.98 Å². The van der Waals surface area contributed by atoms with Gasteiger partial charge in [0.15, 0.2) is 0 Å². The first kappa shape index (κ1) is 16.6. The van der Waals surface area contributed by atoms with Gasteiger partial charge in [-0.05, 0) is 31.2 Å². The van der Waals surface area contributed by atoms with Crippen LogP contribution < -0.4 is 9.77 Å². The van der Waals surface area contributed by atoms with Crippen LogP contribution in [0.2, 0.25) is 0 Å². The van der Waals surface area contributed by atoms with Gasteiger partial charge in [0, 0.05) is 0 Å². The number of aryl methyl sites for hydroxylation is 1. The lowest BCUT2D eigenvalue weighted by molar-refractivity contribution is -0.122. The van der Waals surface area contributed by atoms with Crippen LogP contribution in [0.15, 0.2) is 56.9 Å². The largest absolute Gasteiger partial charge is 0.469 e. The first-order valence-electron chi connectivity index (χ1n) is 8.42. The highest BCUT2D eigenvalue weighted by molar-refractivity contribution is 8.00. The molecule has 27 heavy (non-hydrogen) atoms. The van der Waals surface area contributed by atoms with E-state index in [-0.39, 0.29) is 16.7 Å². The normalized spacial score (nSPS) is 24.2. The Bertz CT molecular complexity index is 1100. The number of furan rings is 1. The predicted octanol–water partition coefficient (Wildman–Crippen LogP) is 3.13. The van der Waals surface area contributed by atoms with Gasteiger partial charge in [0.05, 0.1) is 33.7 Å². The van der Waals surface area contributed by atoms with Crippen LogP contribution in [-0.2, 0) is 9.59 Å². The van der Waals surface area contributed by atoms with Crippen LogP contribution >= 0.6 is 23.1 Å². The number of aromatic amines is 1. The molecule has 3 atom stereocenters. The third kappa shape index (κ3) is 2.44. The molecule has 0 spiro atoms. The number of fused-ring (bicyclic) bond motifs is 2. The van der Waals surface area contributed by atoms with Crippen LogP contribution in [0.3, 0.4) is 0 Å². The number of amides is 2. The van der Waals surface area contributed by atoms with Gasteiger partial charge in [-0.1, -0.05) is 40.8 Å². The number of rotatable bonds is 2. The molecule has 2 aromatic heterocycles. The SMILES string of the molecule is Cc1ccc(N2C(=O)C3Sc4[nH]c(=O)sc4C(c4ccco4)C3C2=O)cc1. The fourth-order valence-corrected chi connectivity index (χ4v) is 6.24. The summed E-state index contributed by atoms with van der Waals surface area (Å²) >= 11 is 2.34. The van der Waals surface area contributed by atoms with Crippen molar-refractivity contribution in [3.8, 4) is 0 Å². The van der Waals surface area contributed by atoms with Crippen molar-refractivity contribution in [3.05, 3.63) is 68.5 Å². The van der Waals surface area contributed by atoms with E-state index in [4.69, 9.17) is 4.42 Å². The van der Waals surface area contributed by atoms with E-state index in [0.29, 0.717) is 16.5 Å². The first-order chi connectivity index (χ1) is 13.0. The lowest BCUT2D eigenvalue weighted by Crippen LogP contribution is -2.32. The number of benzene rings is 1. The molecular weight excluding hydrogens is 384 g/mol. The number of imide groups is 1. The predicted molar refractivity (Wildman–Crippen MR) is 102 cm³/mol. The van der Waals surface area contributed by atoms with Crippen molar-refractivity contribution in [2.24, 2.45) is 5.92 Å². The number of hydrogen-bond donors (Lipinski definition) is 1. The van der Waals surface area contributed by atoms with E-state index in [2.05, 4.69) is 4.98 Å². The summed E-state index contributed by atoms with van der Waals surface area (Å²) in [4.78, 5) is 43.0. The number of nitrogens with one attached hydrogen (secondary N) is 1. The highest BCUT2D eigenvalue weighted by Gasteiger charge is 2.57. The molecule has 136 valence electrons. The van der Waals surface area contributed by atoms with E-state index < -0.39 is 17.1 Å². The quantitative estimate of drug-likeness (QED) is 0.671. The summed E-state index contributed by atoms with van der Waals surface area (Å²) in [5, 5.41) is 0.0613. The molecule has 5 rings (SSSR count). The fraction of sp³-hybridized carbons (Fsp3) is 0.211. The summed E-state index contributed by atoms with van der Waals surface area (Å²) in [6, 6.07) is 10.9. The van der Waals surface area contributed by atoms with Crippen LogP contribution in [0, 0.1) is 12.8 Å². The maximum Gasteiger partial charge on any atom is 0.305 e. The van der Waals surface area contributed by atoms with Crippen LogP contribution in [0.25, 0.3) is 0 Å². The van der Waals surface area contributed by atoms with Crippen molar-refractivity contribution < 1.29 is 14.0 Å². The van der Waals surface area contributed by atoms with Gasteiger partial charge in [-0.25, -0.2) is 4.90 Å². The topological polar surface area (TPSA) is 83.4 Å². The van der Waals surface area contributed by atoms with Gasteiger partial charge < -0.3 is 9.40 Å². The maximum atomic E-state index is 13.3. The number of carbonyl (C=O) groups is 2. The monoisotopic (exact) mass is 398 g/mol. The van der Waals surface area contributed by atoms with Gasteiger partial charge >= 0.3 is 4.87 Å². The molecule has 2 amide bonds. The molecule has 0 bridgehead atoms. The van der Waals surface area contributed by atoms with Gasteiger partial charge in [0.2, 0.25) is 11.8 Å². The molecule has 2 aliphatic heterocycles. The molecule has 2 aliphatic rings. The number of anilines is 1. The molecule has 0 saturated carbocycles. The van der Waals surface area contributed by atoms with E-state index >= 15 is 0 Å². The van der Waals surface area contributed by atoms with Gasteiger partial charge in [-0.15, -0.1) is 0 Å². The van der Waals surface area contributed by atoms with Crippen molar-refractivity contribution in [2.75, 3.05) is 4.90 Å². The third-order valence-corrected chi connectivity index (χ3v) is 7.37. The summed E-state index contributed by atoms with van der Waals surface area (Å²) in [6.45, 7) is 1.95. The number of hydrogen-bond acceptors (Lipinski definition) is 6. The molecule has 1 aromatic carbocycles. The van der Waals surface area contributed by atoms with E-state index in [1.165, 1.54) is 16.7 Å². The average molecular weight is 398 g/mol. The molecule has 1 fully saturated rings. The Morgan fingerprint density at radius 2 is 1.85 bits per heavy atom. The number of thiazole rings is 1. The Kier molecular flexibility index (Phi) is 3.66. The Labute approximate surface area is 162 Å². The molecule has 0 radical (unpaired) electrons. The summed E-state index contributed by atoms with van der Waals surface area (Å²) in [5.74, 6) is -0.970. The molecule has 3 unspecified atom stereocenters. The Hall–Kier alpha value is -2.58. The molecule has 1 N–H and O–H groups in total. The fourth-order valence-electron chi connectivity index (χ4n) is 3.74. The van der Waals surface area contributed by atoms with E-state index in [9.17, 15) is 14.4 Å². The smallest absolute Gasteiger partial charge is 0.305 e. The molecule has 4 heterocycles. The third-order valence-electron chi connectivity index (χ3n) is 4.97. The lowest BCUT2D eigenvalue weighted by Gasteiger charge is -2.27.